The Kier molecular flexibility index (Phi) is 6.67. The second kappa shape index (κ2) is 9.20. The number of nitrogens with zero attached hydrogens (tertiary/aromatic N) is 1. The van der Waals surface area contributed by atoms with Crippen molar-refractivity contribution in [3.63, 3.8) is 0 Å². The van der Waals surface area contributed by atoms with E-state index >= 15 is 0 Å². The van der Waals surface area contributed by atoms with Crippen molar-refractivity contribution in [2.24, 2.45) is 11.8 Å². The van der Waals surface area contributed by atoms with E-state index in [2.05, 4.69) is 29.1 Å². The summed E-state index contributed by atoms with van der Waals surface area (Å²) in [7, 11) is 0. The van der Waals surface area contributed by atoms with Gasteiger partial charge in [0.1, 0.15) is 5.82 Å². The van der Waals surface area contributed by atoms with Gasteiger partial charge < -0.3 is 15.0 Å². The van der Waals surface area contributed by atoms with Crippen molar-refractivity contribution >= 4 is 22.8 Å². The highest BCUT2D eigenvalue weighted by molar-refractivity contribution is 5.83. The molecule has 1 saturated carbocycles. The van der Waals surface area contributed by atoms with E-state index in [0.717, 1.165) is 12.8 Å². The van der Waals surface area contributed by atoms with Crippen LogP contribution in [-0.4, -0.2) is 34.0 Å². The third kappa shape index (κ3) is 5.22. The van der Waals surface area contributed by atoms with Gasteiger partial charge in [0.15, 0.2) is 6.10 Å². The number of rotatable bonds is 6. The number of nitrogens with one attached hydrogen (secondary N) is 2. The molecule has 0 radical (unpaired) electrons. The monoisotopic (exact) mass is 399 g/mol. The van der Waals surface area contributed by atoms with E-state index < -0.39 is 12.1 Å². The van der Waals surface area contributed by atoms with Gasteiger partial charge in [-0.3, -0.25) is 14.4 Å². The van der Waals surface area contributed by atoms with Gasteiger partial charge in [0.2, 0.25) is 0 Å². The Bertz CT molecular complexity index is 939. The molecule has 0 bridgehead atoms. The number of para-hydroxylation sites is 1. The smallest absolute Gasteiger partial charge is 0.307 e. The number of amides is 1. The van der Waals surface area contributed by atoms with Crippen LogP contribution in [0.25, 0.3) is 10.9 Å². The molecule has 0 aliphatic heterocycles. The van der Waals surface area contributed by atoms with E-state index in [9.17, 15) is 14.4 Å². The molecule has 0 spiro atoms. The minimum absolute atomic E-state index is 0.0375. The maximum absolute atomic E-state index is 12.4. The fourth-order valence-electron chi connectivity index (χ4n) is 3.87. The van der Waals surface area contributed by atoms with Gasteiger partial charge in [0.05, 0.1) is 17.3 Å². The van der Waals surface area contributed by atoms with Gasteiger partial charge in [-0.15, -0.1) is 0 Å². The topological polar surface area (TPSA) is 101 Å². The van der Waals surface area contributed by atoms with Crippen LogP contribution in [0.4, 0.5) is 0 Å². The molecule has 2 N–H and O–H groups in total. The molecule has 0 saturated heterocycles. The number of aromatic nitrogens is 2. The first-order chi connectivity index (χ1) is 13.8. The molecule has 4 atom stereocenters. The number of benzene rings is 1. The molecule has 156 valence electrons. The van der Waals surface area contributed by atoms with Gasteiger partial charge in [-0.1, -0.05) is 38.8 Å². The zero-order chi connectivity index (χ0) is 21.0. The van der Waals surface area contributed by atoms with Crippen molar-refractivity contribution in [3.05, 3.63) is 40.4 Å². The predicted octanol–water partition coefficient (Wildman–Crippen LogP) is 2.73. The molecule has 1 aliphatic rings. The van der Waals surface area contributed by atoms with Crippen LogP contribution in [0.5, 0.6) is 0 Å². The van der Waals surface area contributed by atoms with Crippen molar-refractivity contribution in [2.45, 2.75) is 65.0 Å². The number of hydrogen-bond acceptors (Lipinski definition) is 5. The lowest BCUT2D eigenvalue weighted by Gasteiger charge is -2.35. The summed E-state index contributed by atoms with van der Waals surface area (Å²) < 4.78 is 5.28. The third-order valence-electron chi connectivity index (χ3n) is 5.94. The Morgan fingerprint density at radius 3 is 2.83 bits per heavy atom. The molecular formula is C22H29N3O4. The lowest BCUT2D eigenvalue weighted by atomic mass is 9.78. The summed E-state index contributed by atoms with van der Waals surface area (Å²) in [5.74, 6) is 0.651. The lowest BCUT2D eigenvalue weighted by molar-refractivity contribution is -0.155. The van der Waals surface area contributed by atoms with Gasteiger partial charge in [-0.05, 0) is 37.3 Å². The average molecular weight is 399 g/mol. The van der Waals surface area contributed by atoms with Gasteiger partial charge >= 0.3 is 5.97 Å². The maximum Gasteiger partial charge on any atom is 0.307 e. The van der Waals surface area contributed by atoms with E-state index in [-0.39, 0.29) is 30.3 Å². The van der Waals surface area contributed by atoms with E-state index in [0.29, 0.717) is 28.6 Å². The number of carbonyl (C=O) groups excluding carboxylic acids is 2. The van der Waals surface area contributed by atoms with Crippen LogP contribution in [0.15, 0.2) is 29.1 Å². The molecule has 7 heteroatoms. The molecule has 1 heterocycles. The normalized spacial score (nSPS) is 22.8. The summed E-state index contributed by atoms with van der Waals surface area (Å²) in [6.07, 6.45) is 2.67. The Labute approximate surface area is 170 Å². The number of hydrogen-bond donors (Lipinski definition) is 2. The van der Waals surface area contributed by atoms with Gasteiger partial charge in [-0.25, -0.2) is 4.98 Å². The first kappa shape index (κ1) is 21.0. The molecule has 3 rings (SSSR count). The summed E-state index contributed by atoms with van der Waals surface area (Å²) in [6, 6.07) is 7.16. The van der Waals surface area contributed by atoms with E-state index in [1.54, 1.807) is 31.2 Å². The average Bonchev–Trinajstić information content (AvgIpc) is 2.70. The number of aromatic amines is 1. The fraction of sp³-hybridized carbons (Fsp3) is 0.545. The molecule has 7 nitrogen and oxygen atoms in total. The van der Waals surface area contributed by atoms with Crippen molar-refractivity contribution in [2.75, 3.05) is 0 Å². The summed E-state index contributed by atoms with van der Waals surface area (Å²) in [5.41, 5.74) is 0.353. The van der Waals surface area contributed by atoms with Gasteiger partial charge in [-0.2, -0.15) is 0 Å². The summed E-state index contributed by atoms with van der Waals surface area (Å²) in [5, 5.41) is 3.54. The SMILES string of the molecule is C[C@@H]1[C@@H](C)CCC[C@H]1NC(=O)[C@@H](C)OC(=O)CCc1nc2ccccc2c(=O)[nH]1. The maximum atomic E-state index is 12.4. The predicted molar refractivity (Wildman–Crippen MR) is 110 cm³/mol. The number of fused-ring (bicyclic) bond motifs is 1. The fourth-order valence-corrected chi connectivity index (χ4v) is 3.87. The third-order valence-corrected chi connectivity index (χ3v) is 5.94. The number of esters is 1. The summed E-state index contributed by atoms with van der Waals surface area (Å²) >= 11 is 0. The summed E-state index contributed by atoms with van der Waals surface area (Å²) in [6.45, 7) is 5.95. The Balaban J connectivity index is 1.51. The van der Waals surface area contributed by atoms with Gasteiger partial charge in [0, 0.05) is 12.5 Å². The Morgan fingerprint density at radius 2 is 2.03 bits per heavy atom. The van der Waals surface area contributed by atoms with Crippen LogP contribution in [-0.2, 0) is 20.7 Å². The number of aryl methyl sites for hydroxylation is 1. The van der Waals surface area contributed by atoms with Crippen LogP contribution in [0.2, 0.25) is 0 Å². The lowest BCUT2D eigenvalue weighted by Crippen LogP contribution is -2.47. The summed E-state index contributed by atoms with van der Waals surface area (Å²) in [4.78, 5) is 43.7. The largest absolute Gasteiger partial charge is 0.453 e. The molecule has 1 fully saturated rings. The van der Waals surface area contributed by atoms with Crippen LogP contribution in [0, 0.1) is 11.8 Å². The highest BCUT2D eigenvalue weighted by atomic mass is 16.5. The molecule has 1 aromatic heterocycles. The van der Waals surface area contributed by atoms with Crippen molar-refractivity contribution < 1.29 is 14.3 Å². The molecule has 1 aromatic carbocycles. The van der Waals surface area contributed by atoms with Crippen molar-refractivity contribution in [1.29, 1.82) is 0 Å². The van der Waals surface area contributed by atoms with Gasteiger partial charge in [0.25, 0.3) is 11.5 Å². The zero-order valence-corrected chi connectivity index (χ0v) is 17.2. The molecular weight excluding hydrogens is 370 g/mol. The van der Waals surface area contributed by atoms with Crippen LogP contribution >= 0.6 is 0 Å². The van der Waals surface area contributed by atoms with Crippen molar-refractivity contribution in [1.82, 2.24) is 15.3 Å². The second-order valence-corrected chi connectivity index (χ2v) is 8.04. The molecule has 1 aliphatic carbocycles. The molecule has 1 amide bonds. The van der Waals surface area contributed by atoms with Crippen LogP contribution in [0.3, 0.4) is 0 Å². The Hall–Kier alpha value is -2.70. The molecule has 29 heavy (non-hydrogen) atoms. The first-order valence-corrected chi connectivity index (χ1v) is 10.3. The highest BCUT2D eigenvalue weighted by Crippen LogP contribution is 2.29. The minimum Gasteiger partial charge on any atom is -0.453 e. The number of H-pyrrole nitrogens is 1. The quantitative estimate of drug-likeness (QED) is 0.728. The first-order valence-electron chi connectivity index (χ1n) is 10.3. The number of carbonyl (C=O) groups is 2. The van der Waals surface area contributed by atoms with E-state index in [1.807, 2.05) is 0 Å². The van der Waals surface area contributed by atoms with E-state index in [4.69, 9.17) is 4.74 Å². The van der Waals surface area contributed by atoms with Crippen LogP contribution < -0.4 is 10.9 Å². The highest BCUT2D eigenvalue weighted by Gasteiger charge is 2.30. The van der Waals surface area contributed by atoms with Crippen LogP contribution in [0.1, 0.15) is 52.3 Å². The Morgan fingerprint density at radius 1 is 1.28 bits per heavy atom. The molecule has 2 aromatic rings. The standard InChI is InChI=1S/C22H29N3O4/c1-13-7-6-10-17(14(13)2)24-21(27)15(3)29-20(26)12-11-19-23-18-9-5-4-8-16(18)22(28)25-19/h4-5,8-9,13-15,17H,6-7,10-12H2,1-3H3,(H,24,27)(H,23,25,28)/t13-,14+,15+,17+/m0/s1. The minimum atomic E-state index is -0.851. The van der Waals surface area contributed by atoms with Crippen molar-refractivity contribution in [3.8, 4) is 0 Å². The zero-order valence-electron chi connectivity index (χ0n) is 17.2. The molecule has 0 unspecified atom stereocenters. The number of ether oxygens (including phenoxy) is 1. The second-order valence-electron chi connectivity index (χ2n) is 8.04. The van der Waals surface area contributed by atoms with E-state index in [1.165, 1.54) is 6.42 Å².